The normalized spacial score (nSPS) is 10.7. The van der Waals surface area contributed by atoms with Gasteiger partial charge in [-0.05, 0) is 62.4 Å². The second-order valence-corrected chi connectivity index (χ2v) is 6.52. The maximum Gasteiger partial charge on any atom is 0.319 e. The molecule has 3 rings (SSSR count). The van der Waals surface area contributed by atoms with E-state index in [0.717, 1.165) is 5.56 Å². The van der Waals surface area contributed by atoms with Crippen LogP contribution in [-0.2, 0) is 6.61 Å². The Kier molecular flexibility index (Phi) is 5.93. The average molecular weight is 387 g/mol. The summed E-state index contributed by atoms with van der Waals surface area (Å²) in [5, 5.41) is 10.1. The molecule has 1 aromatic heterocycles. The van der Waals surface area contributed by atoms with Gasteiger partial charge in [-0.1, -0.05) is 16.8 Å². The number of urea groups is 1. The molecule has 1 heterocycles. The van der Waals surface area contributed by atoms with Gasteiger partial charge in [-0.25, -0.2) is 4.79 Å². The smallest absolute Gasteiger partial charge is 0.319 e. The molecule has 0 aliphatic carbocycles. The van der Waals surface area contributed by atoms with Crippen molar-refractivity contribution in [2.24, 2.45) is 0 Å². The van der Waals surface area contributed by atoms with Crippen LogP contribution in [0.25, 0.3) is 11.4 Å². The second-order valence-electron chi connectivity index (χ2n) is 6.08. The van der Waals surface area contributed by atoms with Crippen molar-refractivity contribution in [2.75, 3.05) is 5.32 Å². The first-order chi connectivity index (χ1) is 13.0. The molecular formula is C19H19ClN4O3. The molecule has 8 heteroatoms. The predicted molar refractivity (Wildman–Crippen MR) is 103 cm³/mol. The van der Waals surface area contributed by atoms with E-state index in [0.29, 0.717) is 28.2 Å². The molecule has 0 saturated heterocycles. The number of hydrogen-bond acceptors (Lipinski definition) is 5. The van der Waals surface area contributed by atoms with Crippen molar-refractivity contribution in [3.05, 3.63) is 59.4 Å². The zero-order valence-corrected chi connectivity index (χ0v) is 15.7. The van der Waals surface area contributed by atoms with Gasteiger partial charge >= 0.3 is 6.03 Å². The van der Waals surface area contributed by atoms with E-state index in [1.54, 1.807) is 48.5 Å². The first-order valence-electron chi connectivity index (χ1n) is 8.38. The number of aromatic nitrogens is 2. The number of rotatable bonds is 6. The van der Waals surface area contributed by atoms with Crippen LogP contribution in [0.3, 0.4) is 0 Å². The SMILES string of the molecule is CC(C)NC(=O)Nc1ccc(-c2noc(COc3ccc(Cl)cc3)n2)cc1. The lowest BCUT2D eigenvalue weighted by Crippen LogP contribution is -2.34. The molecule has 0 saturated carbocycles. The third-order valence-electron chi connectivity index (χ3n) is 3.46. The lowest BCUT2D eigenvalue weighted by atomic mass is 10.2. The Morgan fingerprint density at radius 3 is 2.52 bits per heavy atom. The van der Waals surface area contributed by atoms with E-state index in [9.17, 15) is 4.79 Å². The average Bonchev–Trinajstić information content (AvgIpc) is 3.10. The van der Waals surface area contributed by atoms with Gasteiger partial charge in [-0.3, -0.25) is 0 Å². The van der Waals surface area contributed by atoms with Crippen LogP contribution >= 0.6 is 11.6 Å². The molecule has 0 unspecified atom stereocenters. The number of anilines is 1. The van der Waals surface area contributed by atoms with Crippen molar-refractivity contribution in [2.45, 2.75) is 26.5 Å². The molecule has 2 aromatic carbocycles. The summed E-state index contributed by atoms with van der Waals surface area (Å²) in [4.78, 5) is 16.0. The Labute approximate surface area is 161 Å². The Hall–Kier alpha value is -3.06. The minimum atomic E-state index is -0.251. The maximum atomic E-state index is 11.7. The van der Waals surface area contributed by atoms with E-state index in [2.05, 4.69) is 20.8 Å². The van der Waals surface area contributed by atoms with Crippen LogP contribution in [0.4, 0.5) is 10.5 Å². The van der Waals surface area contributed by atoms with Gasteiger partial charge in [-0.15, -0.1) is 0 Å². The highest BCUT2D eigenvalue weighted by Gasteiger charge is 2.10. The van der Waals surface area contributed by atoms with E-state index in [1.807, 2.05) is 13.8 Å². The minimum Gasteiger partial charge on any atom is -0.484 e. The van der Waals surface area contributed by atoms with E-state index < -0.39 is 0 Å². The monoisotopic (exact) mass is 386 g/mol. The van der Waals surface area contributed by atoms with Gasteiger partial charge in [0.2, 0.25) is 5.82 Å². The third kappa shape index (κ3) is 5.46. The summed E-state index contributed by atoms with van der Waals surface area (Å²) in [6.07, 6.45) is 0. The molecule has 0 atom stereocenters. The van der Waals surface area contributed by atoms with E-state index in [1.165, 1.54) is 0 Å². The van der Waals surface area contributed by atoms with Gasteiger partial charge < -0.3 is 19.9 Å². The van der Waals surface area contributed by atoms with Gasteiger partial charge in [0, 0.05) is 22.3 Å². The first-order valence-corrected chi connectivity index (χ1v) is 8.76. The molecule has 7 nitrogen and oxygen atoms in total. The molecule has 0 aliphatic rings. The summed E-state index contributed by atoms with van der Waals surface area (Å²) in [6.45, 7) is 3.95. The largest absolute Gasteiger partial charge is 0.484 e. The highest BCUT2D eigenvalue weighted by atomic mass is 35.5. The van der Waals surface area contributed by atoms with Crippen LogP contribution < -0.4 is 15.4 Å². The Balaban J connectivity index is 1.59. The molecule has 0 aliphatic heterocycles. The van der Waals surface area contributed by atoms with Crippen molar-refractivity contribution in [3.8, 4) is 17.1 Å². The molecular weight excluding hydrogens is 368 g/mol. The van der Waals surface area contributed by atoms with E-state index >= 15 is 0 Å². The van der Waals surface area contributed by atoms with Crippen LogP contribution in [0.15, 0.2) is 53.1 Å². The van der Waals surface area contributed by atoms with Crippen molar-refractivity contribution >= 4 is 23.3 Å². The van der Waals surface area contributed by atoms with Crippen molar-refractivity contribution in [3.63, 3.8) is 0 Å². The molecule has 0 bridgehead atoms. The second kappa shape index (κ2) is 8.55. The number of benzene rings is 2. The standard InChI is InChI=1S/C19H19ClN4O3/c1-12(2)21-19(25)22-15-7-3-13(4-8-15)18-23-17(27-24-18)11-26-16-9-5-14(20)6-10-16/h3-10,12H,11H2,1-2H3,(H2,21,22,25). The summed E-state index contributed by atoms with van der Waals surface area (Å²) >= 11 is 5.84. The highest BCUT2D eigenvalue weighted by molar-refractivity contribution is 6.30. The summed E-state index contributed by atoms with van der Waals surface area (Å²) < 4.78 is 10.8. The molecule has 0 radical (unpaired) electrons. The molecule has 2 amide bonds. The van der Waals surface area contributed by atoms with Gasteiger partial charge in [0.05, 0.1) is 0 Å². The number of carbonyl (C=O) groups excluding carboxylic acids is 1. The Morgan fingerprint density at radius 1 is 1.15 bits per heavy atom. The van der Waals surface area contributed by atoms with Crippen LogP contribution in [0.2, 0.25) is 5.02 Å². The number of nitrogens with one attached hydrogen (secondary N) is 2. The van der Waals surface area contributed by atoms with Crippen molar-refractivity contribution in [1.82, 2.24) is 15.5 Å². The number of halogens is 1. The molecule has 27 heavy (non-hydrogen) atoms. The molecule has 2 N–H and O–H groups in total. The number of amides is 2. The number of hydrogen-bond donors (Lipinski definition) is 2. The lowest BCUT2D eigenvalue weighted by Gasteiger charge is -2.10. The van der Waals surface area contributed by atoms with Crippen LogP contribution in [0.1, 0.15) is 19.7 Å². The molecule has 3 aromatic rings. The first kappa shape index (κ1) is 18.7. The fourth-order valence-electron chi connectivity index (χ4n) is 2.24. The maximum absolute atomic E-state index is 11.7. The zero-order valence-electron chi connectivity index (χ0n) is 14.9. The summed E-state index contributed by atoms with van der Waals surface area (Å²) in [5.41, 5.74) is 1.44. The quantitative estimate of drug-likeness (QED) is 0.651. The van der Waals surface area contributed by atoms with Crippen LogP contribution in [-0.4, -0.2) is 22.2 Å². The fourth-order valence-corrected chi connectivity index (χ4v) is 2.36. The zero-order chi connectivity index (χ0) is 19.2. The van der Waals surface area contributed by atoms with Gasteiger partial charge in [0.15, 0.2) is 6.61 Å². The number of carbonyl (C=O) groups is 1. The molecule has 140 valence electrons. The number of nitrogens with zero attached hydrogens (tertiary/aromatic N) is 2. The topological polar surface area (TPSA) is 89.3 Å². The molecule has 0 fully saturated rings. The lowest BCUT2D eigenvalue weighted by molar-refractivity contribution is 0.243. The highest BCUT2D eigenvalue weighted by Crippen LogP contribution is 2.20. The van der Waals surface area contributed by atoms with Gasteiger partial charge in [-0.2, -0.15) is 4.98 Å². The summed E-state index contributed by atoms with van der Waals surface area (Å²) in [5.74, 6) is 1.47. The summed E-state index contributed by atoms with van der Waals surface area (Å²) in [6, 6.07) is 14.0. The minimum absolute atomic E-state index is 0.0668. The Bertz CT molecular complexity index is 892. The van der Waals surface area contributed by atoms with Crippen LogP contribution in [0.5, 0.6) is 5.75 Å². The van der Waals surface area contributed by atoms with E-state index in [-0.39, 0.29) is 18.7 Å². The van der Waals surface area contributed by atoms with E-state index in [4.69, 9.17) is 20.9 Å². The number of ether oxygens (including phenoxy) is 1. The molecule has 0 spiro atoms. The van der Waals surface area contributed by atoms with Crippen molar-refractivity contribution < 1.29 is 14.1 Å². The van der Waals surface area contributed by atoms with Crippen molar-refractivity contribution in [1.29, 1.82) is 0 Å². The Morgan fingerprint density at radius 2 is 1.85 bits per heavy atom. The third-order valence-corrected chi connectivity index (χ3v) is 3.72. The predicted octanol–water partition coefficient (Wildman–Crippen LogP) is 4.50. The van der Waals surface area contributed by atoms with Crippen LogP contribution in [0, 0.1) is 0 Å². The van der Waals surface area contributed by atoms with Gasteiger partial charge in [0.25, 0.3) is 5.89 Å². The fraction of sp³-hybridized carbons (Fsp3) is 0.211. The van der Waals surface area contributed by atoms with Gasteiger partial charge in [0.1, 0.15) is 5.75 Å². The summed E-state index contributed by atoms with van der Waals surface area (Å²) in [7, 11) is 0.